The predicted molar refractivity (Wildman–Crippen MR) is 58.2 cm³/mol. The second-order valence-electron chi connectivity index (χ2n) is 4.05. The third-order valence-corrected chi connectivity index (χ3v) is 2.39. The second kappa shape index (κ2) is 5.22. The third kappa shape index (κ3) is 3.34. The fraction of sp³-hybridized carbons (Fsp3) is 0.455. The molecule has 1 heterocycles. The van der Waals surface area contributed by atoms with Crippen LogP contribution in [-0.4, -0.2) is 29.1 Å². The lowest BCUT2D eigenvalue weighted by molar-refractivity contribution is -0.290. The number of carbonyl (C=O) groups is 1. The summed E-state index contributed by atoms with van der Waals surface area (Å²) < 4.78 is 66.5. The van der Waals surface area contributed by atoms with E-state index in [0.29, 0.717) is 6.07 Å². The summed E-state index contributed by atoms with van der Waals surface area (Å²) in [6.45, 7) is -0.835. The minimum Gasteiger partial charge on any atom is -0.472 e. The summed E-state index contributed by atoms with van der Waals surface area (Å²) in [5.74, 6) is -6.09. The summed E-state index contributed by atoms with van der Waals surface area (Å²) in [4.78, 5) is 22.5. The number of ether oxygens (including phenoxy) is 1. The first-order chi connectivity index (χ1) is 8.95. The van der Waals surface area contributed by atoms with Crippen molar-refractivity contribution >= 4 is 5.78 Å². The molecule has 0 fully saturated rings. The number of ketones is 1. The average molecular weight is 299 g/mol. The molecule has 0 bridgehead atoms. The van der Waals surface area contributed by atoms with Gasteiger partial charge < -0.3 is 9.30 Å². The molecule has 0 aliphatic carbocycles. The number of nitrogens with zero attached hydrogens (tertiary/aromatic N) is 1. The Kier molecular flexibility index (Phi) is 4.21. The molecule has 0 amide bonds. The van der Waals surface area contributed by atoms with Crippen molar-refractivity contribution in [1.82, 2.24) is 4.57 Å². The lowest BCUT2D eigenvalue weighted by Crippen LogP contribution is -2.42. The molecule has 1 aromatic rings. The molecular formula is C11H10F5NO3. The van der Waals surface area contributed by atoms with Crippen LogP contribution in [0.1, 0.15) is 17.3 Å². The van der Waals surface area contributed by atoms with Crippen molar-refractivity contribution < 1.29 is 31.5 Å². The van der Waals surface area contributed by atoms with Crippen molar-refractivity contribution in [3.8, 4) is 5.88 Å². The van der Waals surface area contributed by atoms with E-state index in [0.717, 1.165) is 17.7 Å². The van der Waals surface area contributed by atoms with E-state index in [1.807, 2.05) is 0 Å². The highest BCUT2D eigenvalue weighted by Gasteiger charge is 2.58. The van der Waals surface area contributed by atoms with E-state index < -0.39 is 35.8 Å². The molecule has 0 aromatic carbocycles. The van der Waals surface area contributed by atoms with Gasteiger partial charge >= 0.3 is 12.1 Å². The molecule has 0 aliphatic rings. The van der Waals surface area contributed by atoms with Crippen LogP contribution in [0.5, 0.6) is 5.88 Å². The van der Waals surface area contributed by atoms with E-state index in [9.17, 15) is 31.5 Å². The summed E-state index contributed by atoms with van der Waals surface area (Å²) >= 11 is 0. The summed E-state index contributed by atoms with van der Waals surface area (Å²) in [7, 11) is 1.24. The molecule has 0 N–H and O–H groups in total. The van der Waals surface area contributed by atoms with E-state index in [-0.39, 0.29) is 5.56 Å². The van der Waals surface area contributed by atoms with Gasteiger partial charge in [-0.05, 0) is 6.92 Å². The average Bonchev–Trinajstić information content (AvgIpc) is 2.28. The molecule has 4 nitrogen and oxygen atoms in total. The van der Waals surface area contributed by atoms with Crippen LogP contribution in [0.15, 0.2) is 17.1 Å². The molecule has 0 saturated heterocycles. The first-order valence-electron chi connectivity index (χ1n) is 5.24. The number of halogens is 5. The highest BCUT2D eigenvalue weighted by Crippen LogP contribution is 2.35. The molecule has 0 spiro atoms. The van der Waals surface area contributed by atoms with Gasteiger partial charge in [0.1, 0.15) is 0 Å². The minimum absolute atomic E-state index is 0.220. The number of hydrogen-bond donors (Lipinski definition) is 0. The van der Waals surface area contributed by atoms with Crippen molar-refractivity contribution in [1.29, 1.82) is 0 Å². The Morgan fingerprint density at radius 2 is 1.85 bits per heavy atom. The molecular weight excluding hydrogens is 289 g/mol. The zero-order valence-electron chi connectivity index (χ0n) is 10.4. The lowest BCUT2D eigenvalue weighted by Gasteiger charge is -2.20. The zero-order valence-corrected chi connectivity index (χ0v) is 10.4. The second-order valence-corrected chi connectivity index (χ2v) is 4.05. The van der Waals surface area contributed by atoms with Crippen molar-refractivity contribution in [2.45, 2.75) is 19.0 Å². The van der Waals surface area contributed by atoms with Crippen LogP contribution in [0.3, 0.4) is 0 Å². The Morgan fingerprint density at radius 3 is 2.30 bits per heavy atom. The molecule has 0 radical (unpaired) electrons. The van der Waals surface area contributed by atoms with E-state index in [2.05, 4.69) is 4.74 Å². The Balaban J connectivity index is 2.99. The summed E-state index contributed by atoms with van der Waals surface area (Å²) in [6.07, 6.45) is -4.74. The van der Waals surface area contributed by atoms with Crippen molar-refractivity contribution in [3.63, 3.8) is 0 Å². The fourth-order valence-corrected chi connectivity index (χ4v) is 1.27. The summed E-state index contributed by atoms with van der Waals surface area (Å²) in [5.41, 5.74) is -1.04. The van der Waals surface area contributed by atoms with Gasteiger partial charge in [0.25, 0.3) is 0 Å². The van der Waals surface area contributed by atoms with Gasteiger partial charge in [0.05, 0.1) is 5.56 Å². The van der Waals surface area contributed by atoms with Gasteiger partial charge in [0, 0.05) is 19.3 Å². The number of rotatable bonds is 4. The zero-order chi connectivity index (χ0) is 15.7. The molecule has 1 aromatic heterocycles. The lowest BCUT2D eigenvalue weighted by atomic mass is 10.2. The molecule has 0 unspecified atom stereocenters. The molecule has 112 valence electrons. The SMILES string of the molecule is CC(=O)c1cn(C)c(OCC(F)(F)C(F)(F)F)cc1=O. The fourth-order valence-electron chi connectivity index (χ4n) is 1.27. The standard InChI is InChI=1S/C11H10F5NO3/c1-6(18)7-4-17(2)9(3-8(7)19)20-5-10(12,13)11(14,15)16/h3-4H,5H2,1-2H3. The molecule has 20 heavy (non-hydrogen) atoms. The van der Waals surface area contributed by atoms with E-state index in [1.165, 1.54) is 7.05 Å². The predicted octanol–water partition coefficient (Wildman–Crippen LogP) is 2.16. The molecule has 0 saturated carbocycles. The molecule has 0 atom stereocenters. The maximum atomic E-state index is 12.7. The van der Waals surface area contributed by atoms with E-state index >= 15 is 0 Å². The Hall–Kier alpha value is -1.93. The first kappa shape index (κ1) is 16.1. The van der Waals surface area contributed by atoms with E-state index in [1.54, 1.807) is 0 Å². The van der Waals surface area contributed by atoms with E-state index in [4.69, 9.17) is 0 Å². The van der Waals surface area contributed by atoms with Gasteiger partial charge in [-0.25, -0.2) is 0 Å². The maximum Gasteiger partial charge on any atom is 0.456 e. The highest BCUT2D eigenvalue weighted by molar-refractivity contribution is 5.93. The van der Waals surface area contributed by atoms with Crippen LogP contribution in [0.2, 0.25) is 0 Å². The number of carbonyl (C=O) groups excluding carboxylic acids is 1. The largest absolute Gasteiger partial charge is 0.472 e. The third-order valence-electron chi connectivity index (χ3n) is 2.39. The van der Waals surface area contributed by atoms with Gasteiger partial charge in [0.15, 0.2) is 23.7 Å². The summed E-state index contributed by atoms with van der Waals surface area (Å²) in [6, 6.07) is 0.684. The number of pyridine rings is 1. The van der Waals surface area contributed by atoms with Crippen molar-refractivity contribution in [3.05, 3.63) is 28.0 Å². The molecule has 0 aliphatic heterocycles. The normalized spacial score (nSPS) is 12.3. The quantitative estimate of drug-likeness (QED) is 0.632. The topological polar surface area (TPSA) is 48.3 Å². The van der Waals surface area contributed by atoms with Gasteiger partial charge in [-0.3, -0.25) is 9.59 Å². The number of aryl methyl sites for hydroxylation is 1. The van der Waals surface area contributed by atoms with Gasteiger partial charge in [-0.15, -0.1) is 0 Å². The van der Waals surface area contributed by atoms with Crippen LogP contribution in [0, 0.1) is 0 Å². The molecule has 1 rings (SSSR count). The van der Waals surface area contributed by atoms with Crippen LogP contribution in [0.4, 0.5) is 22.0 Å². The van der Waals surface area contributed by atoms with Crippen molar-refractivity contribution in [2.75, 3.05) is 6.61 Å². The maximum absolute atomic E-state index is 12.7. The van der Waals surface area contributed by atoms with Gasteiger partial charge in [0.2, 0.25) is 0 Å². The van der Waals surface area contributed by atoms with Gasteiger partial charge in [-0.1, -0.05) is 0 Å². The molecule has 9 heteroatoms. The first-order valence-corrected chi connectivity index (χ1v) is 5.24. The number of aromatic nitrogens is 1. The number of Topliss-reactive ketones (excluding diaryl/α,β-unsaturated/α-hetero) is 1. The monoisotopic (exact) mass is 299 g/mol. The van der Waals surface area contributed by atoms with Crippen LogP contribution >= 0.6 is 0 Å². The Morgan fingerprint density at radius 1 is 1.30 bits per heavy atom. The van der Waals surface area contributed by atoms with Crippen molar-refractivity contribution in [2.24, 2.45) is 7.05 Å². The van der Waals surface area contributed by atoms with Gasteiger partial charge in [-0.2, -0.15) is 22.0 Å². The van der Waals surface area contributed by atoms with Crippen LogP contribution < -0.4 is 10.2 Å². The number of hydrogen-bond acceptors (Lipinski definition) is 3. The summed E-state index contributed by atoms with van der Waals surface area (Å²) in [5, 5.41) is 0. The number of alkyl halides is 5. The highest BCUT2D eigenvalue weighted by atomic mass is 19.4. The minimum atomic E-state index is -5.74. The Bertz CT molecular complexity index is 576. The van der Waals surface area contributed by atoms with Crippen LogP contribution in [-0.2, 0) is 7.05 Å². The smallest absolute Gasteiger partial charge is 0.456 e. The Labute approximate surface area is 109 Å². The van der Waals surface area contributed by atoms with Crippen LogP contribution in [0.25, 0.3) is 0 Å².